The molecule has 1 aromatic carbocycles. The molecule has 1 unspecified atom stereocenters. The molecule has 2 N–H and O–H groups in total. The second-order valence-corrected chi connectivity index (χ2v) is 5.66. The van der Waals surface area contributed by atoms with Gasteiger partial charge in [0.15, 0.2) is 11.6 Å². The van der Waals surface area contributed by atoms with E-state index in [0.29, 0.717) is 13.0 Å². The number of anilines is 1. The average molecular weight is 382 g/mol. The summed E-state index contributed by atoms with van der Waals surface area (Å²) < 4.78 is 32.9. The lowest BCUT2D eigenvalue weighted by atomic mass is 10.1. The zero-order valence-corrected chi connectivity index (χ0v) is 12.4. The van der Waals surface area contributed by atoms with Crippen molar-refractivity contribution < 1.29 is 18.3 Å². The van der Waals surface area contributed by atoms with Gasteiger partial charge in [-0.05, 0) is 6.42 Å². The maximum atomic E-state index is 14.3. The Balaban J connectivity index is 2.53. The van der Waals surface area contributed by atoms with E-state index in [1.54, 1.807) is 0 Å². The first-order valence-electron chi connectivity index (χ1n) is 5.71. The predicted molar refractivity (Wildman–Crippen MR) is 75.6 cm³/mol. The molecular weight excluding hydrogens is 369 g/mol. The van der Waals surface area contributed by atoms with Gasteiger partial charge >= 0.3 is 0 Å². The van der Waals surface area contributed by atoms with Gasteiger partial charge in [0.25, 0.3) is 0 Å². The van der Waals surface area contributed by atoms with E-state index < -0.39 is 11.6 Å². The molecule has 4 nitrogen and oxygen atoms in total. The Bertz CT molecular complexity index is 525. The number of ether oxygens (including phenoxy) is 1. The van der Waals surface area contributed by atoms with Crippen molar-refractivity contribution in [3.05, 3.63) is 23.3 Å². The minimum atomic E-state index is -0.747. The summed E-state index contributed by atoms with van der Waals surface area (Å²) in [6.07, 6.45) is 0.613. The maximum Gasteiger partial charge on any atom is 0.240 e. The van der Waals surface area contributed by atoms with E-state index in [4.69, 9.17) is 10.5 Å². The molecule has 7 heteroatoms. The number of benzene rings is 1. The number of carbonyl (C=O) groups is 1. The first-order chi connectivity index (χ1) is 9.01. The molecule has 19 heavy (non-hydrogen) atoms. The van der Waals surface area contributed by atoms with Crippen molar-refractivity contribution >= 4 is 34.2 Å². The van der Waals surface area contributed by atoms with Gasteiger partial charge in [0.1, 0.15) is 5.82 Å². The van der Waals surface area contributed by atoms with E-state index in [1.807, 2.05) is 22.6 Å². The lowest BCUT2D eigenvalue weighted by Gasteiger charge is -2.20. The minimum absolute atomic E-state index is 0.0265. The zero-order chi connectivity index (χ0) is 14.2. The number of rotatable bonds is 3. The molecule has 1 aromatic rings. The quantitative estimate of drug-likeness (QED) is 0.643. The molecule has 0 spiro atoms. The summed E-state index contributed by atoms with van der Waals surface area (Å²) in [4.78, 5) is 13.1. The zero-order valence-electron chi connectivity index (χ0n) is 10.3. The van der Waals surface area contributed by atoms with Crippen LogP contribution in [0.4, 0.5) is 14.5 Å². The topological polar surface area (TPSA) is 55.6 Å². The van der Waals surface area contributed by atoms with Crippen LogP contribution in [-0.2, 0) is 11.3 Å². The van der Waals surface area contributed by atoms with Gasteiger partial charge in [-0.15, -0.1) is 0 Å². The highest BCUT2D eigenvalue weighted by Crippen LogP contribution is 2.36. The van der Waals surface area contributed by atoms with Crippen LogP contribution in [-0.4, -0.2) is 23.5 Å². The van der Waals surface area contributed by atoms with Crippen LogP contribution in [0.1, 0.15) is 12.0 Å². The summed E-state index contributed by atoms with van der Waals surface area (Å²) in [5.74, 6) is -1.87. The van der Waals surface area contributed by atoms with E-state index in [1.165, 1.54) is 12.0 Å². The van der Waals surface area contributed by atoms with Crippen molar-refractivity contribution in [1.82, 2.24) is 0 Å². The second-order valence-electron chi connectivity index (χ2n) is 4.15. The van der Waals surface area contributed by atoms with Crippen molar-refractivity contribution in [3.63, 3.8) is 0 Å². The Morgan fingerprint density at radius 2 is 2.26 bits per heavy atom. The molecule has 104 valence electrons. The number of carbonyl (C=O) groups excluding carboxylic acids is 1. The van der Waals surface area contributed by atoms with Crippen LogP contribution in [0.25, 0.3) is 0 Å². The lowest BCUT2D eigenvalue weighted by molar-refractivity contribution is -0.116. The van der Waals surface area contributed by atoms with Crippen LogP contribution in [0.2, 0.25) is 0 Å². The number of amides is 1. The third-order valence-electron chi connectivity index (χ3n) is 3.09. The summed E-state index contributed by atoms with van der Waals surface area (Å²) in [5.41, 5.74) is 5.27. The Hall–Kier alpha value is -0.960. The molecule has 1 aliphatic rings. The van der Waals surface area contributed by atoms with Crippen molar-refractivity contribution in [3.8, 4) is 5.75 Å². The third-order valence-corrected chi connectivity index (χ3v) is 4.24. The molecule has 0 saturated carbocycles. The Morgan fingerprint density at radius 3 is 2.74 bits per heavy atom. The van der Waals surface area contributed by atoms with Crippen LogP contribution >= 0.6 is 22.6 Å². The van der Waals surface area contributed by atoms with Crippen LogP contribution in [0.15, 0.2) is 6.07 Å². The van der Waals surface area contributed by atoms with Gasteiger partial charge in [-0.2, -0.15) is 0 Å². The first kappa shape index (κ1) is 14.4. The smallest absolute Gasteiger partial charge is 0.240 e. The molecule has 0 aromatic heterocycles. The SMILES string of the molecule is COc1c(F)c(N2CCC(I)C2=O)cc(F)c1CN. The third kappa shape index (κ3) is 2.40. The average Bonchev–Trinajstić information content (AvgIpc) is 2.72. The molecule has 1 saturated heterocycles. The number of nitrogens with zero attached hydrogens (tertiary/aromatic N) is 1. The second kappa shape index (κ2) is 5.58. The normalized spacial score (nSPS) is 19.1. The van der Waals surface area contributed by atoms with E-state index in [2.05, 4.69) is 0 Å². The summed E-state index contributed by atoms with van der Waals surface area (Å²) >= 11 is 1.99. The standard InChI is InChI=1S/C12H13F2IN2O2/c1-19-11-6(5-16)7(13)4-9(10(11)14)17-3-2-8(15)12(17)18/h4,8H,2-3,5,16H2,1H3. The number of methoxy groups -OCH3 is 1. The monoisotopic (exact) mass is 382 g/mol. The molecular formula is C12H13F2IN2O2. The van der Waals surface area contributed by atoms with Gasteiger partial charge in [-0.25, -0.2) is 8.78 Å². The number of halogens is 3. The highest BCUT2D eigenvalue weighted by molar-refractivity contribution is 14.1. The fraction of sp³-hybridized carbons (Fsp3) is 0.417. The lowest BCUT2D eigenvalue weighted by Crippen LogP contribution is -2.28. The highest BCUT2D eigenvalue weighted by atomic mass is 127. The number of nitrogens with two attached hydrogens (primary N) is 1. The number of hydrogen-bond donors (Lipinski definition) is 1. The fourth-order valence-electron chi connectivity index (χ4n) is 2.11. The molecule has 1 aliphatic heterocycles. The molecule has 0 bridgehead atoms. The van der Waals surface area contributed by atoms with Gasteiger partial charge in [-0.1, -0.05) is 22.6 Å². The summed E-state index contributed by atoms with van der Waals surface area (Å²) in [6.45, 7) is 0.197. The maximum absolute atomic E-state index is 14.3. The molecule has 1 atom stereocenters. The molecule has 2 rings (SSSR count). The summed E-state index contributed by atoms with van der Waals surface area (Å²) in [6, 6.07) is 1.01. The molecule has 1 amide bonds. The van der Waals surface area contributed by atoms with Crippen molar-refractivity contribution in [2.24, 2.45) is 5.73 Å². The molecule has 1 heterocycles. The van der Waals surface area contributed by atoms with E-state index in [0.717, 1.165) is 6.07 Å². The van der Waals surface area contributed by atoms with Gasteiger partial charge in [0.05, 0.1) is 16.7 Å². The van der Waals surface area contributed by atoms with Crippen molar-refractivity contribution in [1.29, 1.82) is 0 Å². The van der Waals surface area contributed by atoms with Crippen LogP contribution in [0.3, 0.4) is 0 Å². The number of alkyl halides is 1. The molecule has 0 radical (unpaired) electrons. The number of hydrogen-bond acceptors (Lipinski definition) is 3. The van der Waals surface area contributed by atoms with Gasteiger partial charge in [0.2, 0.25) is 5.91 Å². The largest absolute Gasteiger partial charge is 0.493 e. The van der Waals surface area contributed by atoms with E-state index in [-0.39, 0.29) is 33.4 Å². The summed E-state index contributed by atoms with van der Waals surface area (Å²) in [5, 5.41) is 0. The Labute approximate surface area is 123 Å². The van der Waals surface area contributed by atoms with Crippen LogP contribution in [0, 0.1) is 11.6 Å². The van der Waals surface area contributed by atoms with Crippen LogP contribution < -0.4 is 15.4 Å². The molecule has 0 aliphatic carbocycles. The van der Waals surface area contributed by atoms with Gasteiger partial charge in [-0.3, -0.25) is 4.79 Å². The van der Waals surface area contributed by atoms with Gasteiger partial charge in [0, 0.05) is 24.7 Å². The first-order valence-corrected chi connectivity index (χ1v) is 6.96. The van der Waals surface area contributed by atoms with E-state index >= 15 is 0 Å². The van der Waals surface area contributed by atoms with Crippen molar-refractivity contribution in [2.75, 3.05) is 18.6 Å². The highest BCUT2D eigenvalue weighted by Gasteiger charge is 2.33. The summed E-state index contributed by atoms with van der Waals surface area (Å²) in [7, 11) is 1.24. The van der Waals surface area contributed by atoms with Gasteiger partial charge < -0.3 is 15.4 Å². The minimum Gasteiger partial charge on any atom is -0.493 e. The predicted octanol–water partition coefficient (Wildman–Crippen LogP) is 1.97. The van der Waals surface area contributed by atoms with E-state index in [9.17, 15) is 13.6 Å². The van der Waals surface area contributed by atoms with Crippen LogP contribution in [0.5, 0.6) is 5.75 Å². The Kier molecular flexibility index (Phi) is 4.24. The van der Waals surface area contributed by atoms with Crippen molar-refractivity contribution in [2.45, 2.75) is 16.9 Å². The Morgan fingerprint density at radius 1 is 1.58 bits per heavy atom. The molecule has 1 fully saturated rings. The fourth-order valence-corrected chi connectivity index (χ4v) is 2.73.